The van der Waals surface area contributed by atoms with Crippen molar-refractivity contribution in [2.75, 3.05) is 0 Å². The van der Waals surface area contributed by atoms with Gasteiger partial charge in [0.2, 0.25) is 0 Å². The summed E-state index contributed by atoms with van der Waals surface area (Å²) in [7, 11) is 0. The average molecular weight is 384 g/mol. The van der Waals surface area contributed by atoms with Crippen LogP contribution in [-0.4, -0.2) is 13.6 Å². The Morgan fingerprint density at radius 1 is 1.26 bits per heavy atom. The zero-order valence-corrected chi connectivity index (χ0v) is 13.5. The summed E-state index contributed by atoms with van der Waals surface area (Å²) in [5, 5.41) is 0. The minimum Gasteiger partial charge on any atom is -0.166 e. The molecule has 3 rings (SSSR count). The van der Waals surface area contributed by atoms with Gasteiger partial charge in [-0.1, -0.05) is 20.4 Å². The van der Waals surface area contributed by atoms with Crippen LogP contribution in [0.4, 0.5) is 13.2 Å². The molecule has 0 aromatic heterocycles. The van der Waals surface area contributed by atoms with Crippen LogP contribution in [0.1, 0.15) is 33.1 Å². The van der Waals surface area contributed by atoms with Crippen molar-refractivity contribution in [3.05, 3.63) is 12.2 Å². The summed E-state index contributed by atoms with van der Waals surface area (Å²) < 4.78 is 40.9. The summed E-state index contributed by atoms with van der Waals surface area (Å²) in [6.07, 6.45) is -0.539. The standard InChI is InChI=1S/C15H20F3I/c1-4-10-11(19-10)6-5-9-13-7(2)12(14(9)13)8(3)15(16,17)18/h7,9,11-14H,3-6H2,1-2H3. The normalized spacial score (nSPS) is 43.5. The predicted molar refractivity (Wildman–Crippen MR) is 80.7 cm³/mol. The summed E-state index contributed by atoms with van der Waals surface area (Å²) in [5.74, 6) is 1.38. The van der Waals surface area contributed by atoms with Crippen LogP contribution < -0.4 is 0 Å². The lowest BCUT2D eigenvalue weighted by molar-refractivity contribution is -0.107. The molecule has 6 atom stereocenters. The van der Waals surface area contributed by atoms with Gasteiger partial charge in [-0.2, -0.15) is 13.2 Å². The van der Waals surface area contributed by atoms with Gasteiger partial charge in [0.25, 0.3) is 0 Å². The Kier molecular flexibility index (Phi) is 3.39. The Balaban J connectivity index is 1.50. The van der Waals surface area contributed by atoms with Gasteiger partial charge in [-0.25, -0.2) is 0 Å². The third-order valence-electron chi connectivity index (χ3n) is 5.30. The van der Waals surface area contributed by atoms with Gasteiger partial charge in [0.1, 0.15) is 0 Å². The van der Waals surface area contributed by atoms with E-state index >= 15 is 0 Å². The second kappa shape index (κ2) is 4.57. The van der Waals surface area contributed by atoms with Gasteiger partial charge >= 0.3 is 6.18 Å². The van der Waals surface area contributed by atoms with Crippen LogP contribution in [-0.2, 0) is 0 Å². The molecule has 2 saturated carbocycles. The summed E-state index contributed by atoms with van der Waals surface area (Å²) in [6, 6.07) is 0. The quantitative estimate of drug-likeness (QED) is 0.358. The largest absolute Gasteiger partial charge is 0.412 e. The average Bonchev–Trinajstić information content (AvgIpc) is 3.18. The van der Waals surface area contributed by atoms with Gasteiger partial charge in [0.15, 0.2) is 0 Å². The van der Waals surface area contributed by atoms with E-state index in [1.807, 2.05) is 6.92 Å². The smallest absolute Gasteiger partial charge is 0.166 e. The number of halogens is 4. The molecule has 0 bridgehead atoms. The van der Waals surface area contributed by atoms with E-state index in [1.165, 1.54) is 12.8 Å². The molecule has 0 amide bonds. The van der Waals surface area contributed by atoms with Crippen LogP contribution in [0.5, 0.6) is 0 Å². The van der Waals surface area contributed by atoms with Gasteiger partial charge in [-0.05, 0) is 52.4 Å². The van der Waals surface area contributed by atoms with Crippen molar-refractivity contribution in [1.29, 1.82) is 0 Å². The first-order chi connectivity index (χ1) is 8.86. The fraction of sp³-hybridized carbons (Fsp3) is 0.800. The van der Waals surface area contributed by atoms with E-state index in [1.54, 1.807) is 3.51 Å². The second-order valence-corrected chi connectivity index (χ2v) is 9.69. The van der Waals surface area contributed by atoms with Gasteiger partial charge in [0.05, 0.1) is 0 Å². The van der Waals surface area contributed by atoms with Crippen molar-refractivity contribution < 1.29 is 13.2 Å². The predicted octanol–water partition coefficient (Wildman–Crippen LogP) is 4.95. The fourth-order valence-corrected chi connectivity index (χ4v) is 6.88. The molecule has 0 spiro atoms. The molecule has 2 fully saturated rings. The third kappa shape index (κ3) is 2.32. The fourth-order valence-electron chi connectivity index (χ4n) is 4.23. The molecule has 0 N–H and O–H groups in total. The van der Waals surface area contributed by atoms with Crippen LogP contribution in [0, 0.1) is 29.6 Å². The van der Waals surface area contributed by atoms with Gasteiger partial charge in [0, 0.05) is 9.50 Å². The van der Waals surface area contributed by atoms with Crippen LogP contribution in [0.3, 0.4) is 0 Å². The topological polar surface area (TPSA) is 0 Å². The molecule has 2 aliphatic carbocycles. The molecule has 0 aromatic rings. The molecule has 1 heterocycles. The lowest BCUT2D eigenvalue weighted by Gasteiger charge is -2.35. The maximum atomic E-state index is 12.7. The zero-order chi connectivity index (χ0) is 13.9. The number of alkyl halides is 4. The molecule has 19 heavy (non-hydrogen) atoms. The monoisotopic (exact) mass is 384 g/mol. The first-order valence-corrected chi connectivity index (χ1v) is 9.43. The van der Waals surface area contributed by atoms with Crippen molar-refractivity contribution in [3.63, 3.8) is 0 Å². The molecule has 0 nitrogen and oxygen atoms in total. The van der Waals surface area contributed by atoms with Gasteiger partial charge in [-0.3, -0.25) is 0 Å². The van der Waals surface area contributed by atoms with Gasteiger partial charge < -0.3 is 0 Å². The van der Waals surface area contributed by atoms with E-state index in [0.29, 0.717) is 38.5 Å². The van der Waals surface area contributed by atoms with Crippen LogP contribution >= 0.6 is 20.7 Å². The summed E-state index contributed by atoms with van der Waals surface area (Å²) >= 11 is 0.360. The number of hydrogen-bond donors (Lipinski definition) is 0. The molecule has 108 valence electrons. The maximum absolute atomic E-state index is 12.7. The van der Waals surface area contributed by atoms with E-state index in [2.05, 4.69) is 13.5 Å². The number of fused-ring (bicyclic) bond motifs is 1. The Morgan fingerprint density at radius 2 is 1.95 bits per heavy atom. The SMILES string of the molecule is C=C(C1C(C)C2C(CCC3I=C3CC)C12)C(F)(F)F. The molecule has 6 unspecified atom stereocenters. The molecular weight excluding hydrogens is 364 g/mol. The first-order valence-electron chi connectivity index (χ1n) is 7.11. The third-order valence-corrected chi connectivity index (χ3v) is 9.07. The number of rotatable bonds is 5. The van der Waals surface area contributed by atoms with Crippen molar-refractivity contribution in [2.45, 2.75) is 43.2 Å². The molecule has 0 radical (unpaired) electrons. The summed E-state index contributed by atoms with van der Waals surface area (Å²) in [5.41, 5.74) is -0.469. The number of allylic oxidation sites excluding steroid dienone is 1. The highest BCUT2D eigenvalue weighted by atomic mass is 127. The van der Waals surface area contributed by atoms with E-state index in [4.69, 9.17) is 0 Å². The van der Waals surface area contributed by atoms with E-state index in [-0.39, 0.29) is 11.8 Å². The van der Waals surface area contributed by atoms with Crippen LogP contribution in [0.15, 0.2) is 12.2 Å². The second-order valence-electron chi connectivity index (χ2n) is 6.18. The molecular formula is C15H20F3I. The molecule has 0 saturated heterocycles. The van der Waals surface area contributed by atoms with E-state index in [9.17, 15) is 13.2 Å². The lowest BCUT2D eigenvalue weighted by atomic mass is 9.71. The minimum absolute atomic E-state index is 0.202. The van der Waals surface area contributed by atoms with Crippen molar-refractivity contribution in [2.24, 2.45) is 29.6 Å². The van der Waals surface area contributed by atoms with Crippen LogP contribution in [0.25, 0.3) is 0 Å². The minimum atomic E-state index is -4.19. The Morgan fingerprint density at radius 3 is 2.47 bits per heavy atom. The highest BCUT2D eigenvalue weighted by Gasteiger charge is 2.69. The van der Waals surface area contributed by atoms with E-state index in [0.717, 1.165) is 10.3 Å². The molecule has 3 aliphatic rings. The molecule has 4 heteroatoms. The van der Waals surface area contributed by atoms with E-state index < -0.39 is 11.7 Å². The lowest BCUT2D eigenvalue weighted by Crippen LogP contribution is -2.34. The van der Waals surface area contributed by atoms with Crippen LogP contribution in [0.2, 0.25) is 0 Å². The van der Waals surface area contributed by atoms with Crippen molar-refractivity contribution >= 4 is 24.2 Å². The Labute approximate surface area is 122 Å². The zero-order valence-electron chi connectivity index (χ0n) is 11.3. The summed E-state index contributed by atoms with van der Waals surface area (Å²) in [4.78, 5) is 0. The highest BCUT2D eigenvalue weighted by molar-refractivity contribution is 14.2. The molecule has 0 aromatic carbocycles. The van der Waals surface area contributed by atoms with Crippen molar-refractivity contribution in [3.8, 4) is 0 Å². The summed E-state index contributed by atoms with van der Waals surface area (Å²) in [6.45, 7) is 7.53. The Bertz CT molecular complexity index is 437. The first kappa shape index (κ1) is 14.1. The highest BCUT2D eigenvalue weighted by Crippen LogP contribution is 2.72. The van der Waals surface area contributed by atoms with Gasteiger partial charge in [-0.15, -0.1) is 20.7 Å². The molecule has 1 aliphatic heterocycles. The Hall–Kier alpha value is 0.130. The number of hydrogen-bond acceptors (Lipinski definition) is 0. The maximum Gasteiger partial charge on any atom is 0.412 e. The van der Waals surface area contributed by atoms with Crippen molar-refractivity contribution in [1.82, 2.24) is 0 Å².